The second-order valence-corrected chi connectivity index (χ2v) is 8.91. The van der Waals surface area contributed by atoms with Gasteiger partial charge in [0.2, 0.25) is 0 Å². The molecule has 2 N–H and O–H groups in total. The first-order chi connectivity index (χ1) is 13.7. The standard InChI is InChI=1S/C27H40O2/c1-21(11-7-8-12-22(2)15-10-18-28)13-9-14-23(3)16-17-26-24(4)19-25(29)20-27(26,5)6/h7-9,11-14,16-17,19,25-26,28-29H,10,15,18,20H2,1-6H3/b8-7+,13-9+,17-16+,21-11+,22-12+,23-14+/t25-,26+/m0/s1. The predicted molar refractivity (Wildman–Crippen MR) is 127 cm³/mol. The van der Waals surface area contributed by atoms with Crippen LogP contribution in [0.15, 0.2) is 83.1 Å². The normalized spacial score (nSPS) is 24.1. The Morgan fingerprint density at radius 2 is 1.66 bits per heavy atom. The molecule has 2 nitrogen and oxygen atoms in total. The number of hydrogen-bond acceptors (Lipinski definition) is 2. The molecule has 0 amide bonds. The fourth-order valence-corrected chi connectivity index (χ4v) is 3.74. The molecule has 1 aliphatic rings. The molecule has 0 radical (unpaired) electrons. The molecule has 1 rings (SSSR count). The van der Waals surface area contributed by atoms with Crippen LogP contribution in [0.1, 0.15) is 60.8 Å². The van der Waals surface area contributed by atoms with Crippen LogP contribution >= 0.6 is 0 Å². The maximum absolute atomic E-state index is 9.97. The average molecular weight is 397 g/mol. The molecule has 1 aliphatic carbocycles. The van der Waals surface area contributed by atoms with Crippen molar-refractivity contribution in [3.8, 4) is 0 Å². The Labute approximate surface area is 178 Å². The number of hydrogen-bond donors (Lipinski definition) is 2. The maximum atomic E-state index is 9.97. The van der Waals surface area contributed by atoms with E-state index in [1.807, 2.05) is 18.2 Å². The van der Waals surface area contributed by atoms with E-state index in [2.05, 4.69) is 84.1 Å². The summed E-state index contributed by atoms with van der Waals surface area (Å²) in [5.74, 6) is 0.360. The van der Waals surface area contributed by atoms with Gasteiger partial charge < -0.3 is 10.2 Å². The van der Waals surface area contributed by atoms with Crippen molar-refractivity contribution >= 4 is 0 Å². The molecular formula is C27H40O2. The van der Waals surface area contributed by atoms with Crippen LogP contribution < -0.4 is 0 Å². The van der Waals surface area contributed by atoms with Crippen molar-refractivity contribution in [1.29, 1.82) is 0 Å². The third-order valence-electron chi connectivity index (χ3n) is 5.37. The second-order valence-electron chi connectivity index (χ2n) is 8.91. The summed E-state index contributed by atoms with van der Waals surface area (Å²) >= 11 is 0. The van der Waals surface area contributed by atoms with Gasteiger partial charge in [-0.15, -0.1) is 0 Å². The summed E-state index contributed by atoms with van der Waals surface area (Å²) in [6.45, 7) is 13.1. The summed E-state index contributed by atoms with van der Waals surface area (Å²) in [5.41, 5.74) is 5.00. The third kappa shape index (κ3) is 9.92. The van der Waals surface area contributed by atoms with Gasteiger partial charge in [-0.3, -0.25) is 0 Å². The van der Waals surface area contributed by atoms with Crippen LogP contribution in [0.5, 0.6) is 0 Å². The van der Waals surface area contributed by atoms with Crippen molar-refractivity contribution in [3.63, 3.8) is 0 Å². The molecule has 0 aromatic heterocycles. The summed E-state index contributed by atoms with van der Waals surface area (Å²) in [5, 5.41) is 18.8. The molecule has 0 unspecified atom stereocenters. The Balaban J connectivity index is 2.64. The maximum Gasteiger partial charge on any atom is 0.0729 e. The zero-order chi connectivity index (χ0) is 21.9. The van der Waals surface area contributed by atoms with Crippen LogP contribution in [-0.4, -0.2) is 22.9 Å². The lowest BCUT2D eigenvalue weighted by Crippen LogP contribution is -2.32. The van der Waals surface area contributed by atoms with E-state index < -0.39 is 0 Å². The minimum Gasteiger partial charge on any atom is -0.396 e. The average Bonchev–Trinajstić information content (AvgIpc) is 2.62. The first-order valence-corrected chi connectivity index (χ1v) is 10.7. The van der Waals surface area contributed by atoms with Crippen molar-refractivity contribution < 1.29 is 10.2 Å². The number of rotatable bonds is 9. The van der Waals surface area contributed by atoms with Crippen LogP contribution in [0.25, 0.3) is 0 Å². The van der Waals surface area contributed by atoms with E-state index in [-0.39, 0.29) is 18.1 Å². The summed E-state index contributed by atoms with van der Waals surface area (Å²) < 4.78 is 0. The summed E-state index contributed by atoms with van der Waals surface area (Å²) in [4.78, 5) is 0. The van der Waals surface area contributed by atoms with Crippen LogP contribution in [0.4, 0.5) is 0 Å². The number of aliphatic hydroxyl groups excluding tert-OH is 2. The smallest absolute Gasteiger partial charge is 0.0729 e. The highest BCUT2D eigenvalue weighted by Gasteiger charge is 2.34. The van der Waals surface area contributed by atoms with Gasteiger partial charge in [-0.25, -0.2) is 0 Å². The van der Waals surface area contributed by atoms with Crippen LogP contribution in [0.2, 0.25) is 0 Å². The molecular weight excluding hydrogens is 356 g/mol. The van der Waals surface area contributed by atoms with Gasteiger partial charge in [0.25, 0.3) is 0 Å². The molecule has 0 bridgehead atoms. The van der Waals surface area contributed by atoms with E-state index in [1.54, 1.807) is 0 Å². The van der Waals surface area contributed by atoms with E-state index in [0.29, 0.717) is 5.92 Å². The van der Waals surface area contributed by atoms with Gasteiger partial charge >= 0.3 is 0 Å². The van der Waals surface area contributed by atoms with Gasteiger partial charge in [0.05, 0.1) is 6.10 Å². The van der Waals surface area contributed by atoms with Crippen molar-refractivity contribution in [2.75, 3.05) is 6.61 Å². The van der Waals surface area contributed by atoms with E-state index >= 15 is 0 Å². The summed E-state index contributed by atoms with van der Waals surface area (Å²) in [7, 11) is 0. The van der Waals surface area contributed by atoms with Crippen LogP contribution in [0.3, 0.4) is 0 Å². The quantitative estimate of drug-likeness (QED) is 0.339. The fraction of sp³-hybridized carbons (Fsp3) is 0.481. The molecule has 2 atom stereocenters. The first-order valence-electron chi connectivity index (χ1n) is 10.7. The van der Waals surface area contributed by atoms with E-state index in [0.717, 1.165) is 19.3 Å². The lowest BCUT2D eigenvalue weighted by Gasteiger charge is -2.38. The van der Waals surface area contributed by atoms with E-state index in [4.69, 9.17) is 5.11 Å². The van der Waals surface area contributed by atoms with Crippen molar-refractivity contribution in [2.24, 2.45) is 11.3 Å². The highest BCUT2D eigenvalue weighted by molar-refractivity contribution is 5.31. The molecule has 0 spiro atoms. The van der Waals surface area contributed by atoms with Crippen molar-refractivity contribution in [2.45, 2.75) is 66.9 Å². The minimum absolute atomic E-state index is 0.0709. The van der Waals surface area contributed by atoms with Gasteiger partial charge in [0.1, 0.15) is 0 Å². The highest BCUT2D eigenvalue weighted by Crippen LogP contribution is 2.41. The number of allylic oxidation sites excluding steroid dienone is 13. The number of aliphatic hydroxyl groups is 2. The van der Waals surface area contributed by atoms with Crippen LogP contribution in [-0.2, 0) is 0 Å². The molecule has 2 heteroatoms. The zero-order valence-electron chi connectivity index (χ0n) is 19.2. The molecule has 0 saturated carbocycles. The lowest BCUT2D eigenvalue weighted by molar-refractivity contribution is 0.117. The summed E-state index contributed by atoms with van der Waals surface area (Å²) in [6.07, 6.45) is 23.3. The molecule has 29 heavy (non-hydrogen) atoms. The Morgan fingerprint density at radius 3 is 2.31 bits per heavy atom. The SMILES string of the molecule is CC1=C[C@H](O)CC(C)(C)[C@@H]1/C=C/C(C)=C/C=C/C(C)=C/C=C/C=C(\C)CCCO. The highest BCUT2D eigenvalue weighted by atomic mass is 16.3. The predicted octanol–water partition coefficient (Wildman–Crippen LogP) is 6.62. The lowest BCUT2D eigenvalue weighted by atomic mass is 9.67. The molecule has 0 aromatic carbocycles. The summed E-state index contributed by atoms with van der Waals surface area (Å²) in [6, 6.07) is 0. The largest absolute Gasteiger partial charge is 0.396 e. The van der Waals surface area contributed by atoms with E-state index in [1.165, 1.54) is 22.3 Å². The molecule has 0 heterocycles. The molecule has 0 fully saturated rings. The van der Waals surface area contributed by atoms with Crippen molar-refractivity contribution in [1.82, 2.24) is 0 Å². The monoisotopic (exact) mass is 396 g/mol. The Morgan fingerprint density at radius 1 is 1.03 bits per heavy atom. The topological polar surface area (TPSA) is 40.5 Å². The molecule has 0 aliphatic heterocycles. The zero-order valence-corrected chi connectivity index (χ0v) is 19.2. The molecule has 0 aromatic rings. The van der Waals surface area contributed by atoms with Gasteiger partial charge in [-0.1, -0.05) is 96.9 Å². The Bertz CT molecular complexity index is 724. The Hall–Kier alpha value is -1.90. The fourth-order valence-electron chi connectivity index (χ4n) is 3.74. The van der Waals surface area contributed by atoms with Crippen LogP contribution in [0, 0.1) is 11.3 Å². The van der Waals surface area contributed by atoms with Gasteiger partial charge in [-0.05, 0) is 52.4 Å². The minimum atomic E-state index is -0.321. The van der Waals surface area contributed by atoms with Gasteiger partial charge in [-0.2, -0.15) is 0 Å². The third-order valence-corrected chi connectivity index (χ3v) is 5.37. The van der Waals surface area contributed by atoms with Gasteiger partial charge in [0.15, 0.2) is 0 Å². The molecule has 0 saturated heterocycles. The second kappa shape index (κ2) is 12.6. The molecule has 160 valence electrons. The van der Waals surface area contributed by atoms with E-state index in [9.17, 15) is 5.11 Å². The van der Waals surface area contributed by atoms with Crippen molar-refractivity contribution in [3.05, 3.63) is 83.1 Å². The first kappa shape index (κ1) is 25.1. The van der Waals surface area contributed by atoms with Gasteiger partial charge in [0, 0.05) is 12.5 Å². The Kier molecular flexibility index (Phi) is 10.9.